The van der Waals surface area contributed by atoms with Crippen LogP contribution in [0.15, 0.2) is 48.5 Å². The number of carbonyl (C=O) groups excluding carboxylic acids is 1. The lowest BCUT2D eigenvalue weighted by Crippen LogP contribution is -2.35. The van der Waals surface area contributed by atoms with Crippen LogP contribution in [0.5, 0.6) is 11.5 Å². The van der Waals surface area contributed by atoms with E-state index < -0.39 is 0 Å². The maximum absolute atomic E-state index is 12.4. The summed E-state index contributed by atoms with van der Waals surface area (Å²) in [7, 11) is 0. The number of amides is 1. The molecule has 2 aromatic carbocycles. The quantitative estimate of drug-likeness (QED) is 0.882. The minimum atomic E-state index is 0.121. The monoisotopic (exact) mass is 351 g/mol. The summed E-state index contributed by atoms with van der Waals surface area (Å²) < 4.78 is 5.77. The molecule has 1 N–H and O–H groups in total. The van der Waals surface area contributed by atoms with Crippen LogP contribution in [0, 0.1) is 13.8 Å². The van der Waals surface area contributed by atoms with Crippen molar-refractivity contribution in [2.75, 3.05) is 19.7 Å². The topological polar surface area (TPSA) is 49.8 Å². The Morgan fingerprint density at radius 2 is 1.92 bits per heavy atom. The Kier molecular flexibility index (Phi) is 5.61. The minimum absolute atomic E-state index is 0.121. The lowest BCUT2D eigenvalue weighted by molar-refractivity contribution is -0.131. The van der Waals surface area contributed by atoms with E-state index in [0.29, 0.717) is 19.6 Å². The summed E-state index contributed by atoms with van der Waals surface area (Å²) >= 11 is 0. The standard InChI is InChI=1S/C22H25NO3/c1-16-3-8-21(17(2)15-16)26-14-11-22(25)23-12-9-19(10-13-23)18-4-6-20(24)7-5-18/h3-9,15,24H,10-14H2,1-2H3. The van der Waals surface area contributed by atoms with Crippen molar-refractivity contribution < 1.29 is 14.6 Å². The molecule has 0 aromatic heterocycles. The molecular weight excluding hydrogens is 326 g/mol. The first-order valence-corrected chi connectivity index (χ1v) is 8.99. The van der Waals surface area contributed by atoms with Gasteiger partial charge in [-0.3, -0.25) is 4.79 Å². The fourth-order valence-corrected chi connectivity index (χ4v) is 3.20. The molecule has 0 radical (unpaired) electrons. The van der Waals surface area contributed by atoms with Gasteiger partial charge in [-0.25, -0.2) is 0 Å². The Morgan fingerprint density at radius 3 is 2.58 bits per heavy atom. The van der Waals surface area contributed by atoms with Crippen LogP contribution < -0.4 is 4.74 Å². The maximum Gasteiger partial charge on any atom is 0.226 e. The van der Waals surface area contributed by atoms with Crippen molar-refractivity contribution in [2.45, 2.75) is 26.7 Å². The fraction of sp³-hybridized carbons (Fsp3) is 0.318. The van der Waals surface area contributed by atoms with Gasteiger partial charge in [-0.2, -0.15) is 0 Å². The van der Waals surface area contributed by atoms with Gasteiger partial charge < -0.3 is 14.7 Å². The molecule has 136 valence electrons. The molecule has 1 aliphatic rings. The van der Waals surface area contributed by atoms with E-state index in [1.807, 2.05) is 36.1 Å². The van der Waals surface area contributed by atoms with Gasteiger partial charge >= 0.3 is 0 Å². The van der Waals surface area contributed by atoms with E-state index in [1.165, 1.54) is 11.1 Å². The van der Waals surface area contributed by atoms with Gasteiger partial charge in [0.25, 0.3) is 0 Å². The molecule has 4 heteroatoms. The molecule has 0 fully saturated rings. The zero-order valence-electron chi connectivity index (χ0n) is 15.4. The third-order valence-corrected chi connectivity index (χ3v) is 4.70. The van der Waals surface area contributed by atoms with Crippen LogP contribution in [0.1, 0.15) is 29.5 Å². The van der Waals surface area contributed by atoms with Gasteiger partial charge in [0.05, 0.1) is 13.0 Å². The third-order valence-electron chi connectivity index (χ3n) is 4.70. The molecule has 0 bridgehead atoms. The zero-order valence-corrected chi connectivity index (χ0v) is 15.4. The number of aryl methyl sites for hydroxylation is 2. The van der Waals surface area contributed by atoms with Crippen LogP contribution in [0.2, 0.25) is 0 Å². The molecule has 0 saturated carbocycles. The van der Waals surface area contributed by atoms with E-state index in [0.717, 1.165) is 29.8 Å². The first kappa shape index (κ1) is 18.1. The van der Waals surface area contributed by atoms with Gasteiger partial charge in [0, 0.05) is 13.1 Å². The summed E-state index contributed by atoms with van der Waals surface area (Å²) in [5, 5.41) is 9.38. The number of nitrogens with zero attached hydrogens (tertiary/aromatic N) is 1. The predicted octanol–water partition coefficient (Wildman–Crippen LogP) is 4.09. The highest BCUT2D eigenvalue weighted by Crippen LogP contribution is 2.24. The molecule has 0 unspecified atom stereocenters. The Hall–Kier alpha value is -2.75. The van der Waals surface area contributed by atoms with Crippen LogP contribution in [0.4, 0.5) is 0 Å². The van der Waals surface area contributed by atoms with Crippen molar-refractivity contribution >= 4 is 11.5 Å². The van der Waals surface area contributed by atoms with E-state index in [2.05, 4.69) is 19.1 Å². The molecular formula is C22H25NO3. The number of ether oxygens (including phenoxy) is 1. The zero-order chi connectivity index (χ0) is 18.5. The highest BCUT2D eigenvalue weighted by Gasteiger charge is 2.18. The number of hydrogen-bond donors (Lipinski definition) is 1. The largest absolute Gasteiger partial charge is 0.508 e. The van der Waals surface area contributed by atoms with Crippen LogP contribution >= 0.6 is 0 Å². The highest BCUT2D eigenvalue weighted by atomic mass is 16.5. The van der Waals surface area contributed by atoms with E-state index in [4.69, 9.17) is 4.74 Å². The smallest absolute Gasteiger partial charge is 0.226 e. The van der Waals surface area contributed by atoms with Gasteiger partial charge in [0.1, 0.15) is 11.5 Å². The Labute approximate surface area is 154 Å². The van der Waals surface area contributed by atoms with Gasteiger partial charge in [-0.05, 0) is 55.2 Å². The van der Waals surface area contributed by atoms with Crippen LogP contribution in [0.25, 0.3) is 5.57 Å². The lowest BCUT2D eigenvalue weighted by Gasteiger charge is -2.27. The molecule has 0 atom stereocenters. The van der Waals surface area contributed by atoms with Crippen molar-refractivity contribution in [3.05, 3.63) is 65.2 Å². The van der Waals surface area contributed by atoms with Gasteiger partial charge in [-0.1, -0.05) is 35.9 Å². The molecule has 0 saturated heterocycles. The normalized spacial score (nSPS) is 14.1. The van der Waals surface area contributed by atoms with E-state index in [9.17, 15) is 9.90 Å². The van der Waals surface area contributed by atoms with Gasteiger partial charge in [0.2, 0.25) is 5.91 Å². The second-order valence-corrected chi connectivity index (χ2v) is 6.73. The van der Waals surface area contributed by atoms with Gasteiger partial charge in [0.15, 0.2) is 0 Å². The molecule has 3 rings (SSSR count). The SMILES string of the molecule is Cc1ccc(OCCC(=O)N2CC=C(c3ccc(O)cc3)CC2)c(C)c1. The molecule has 2 aromatic rings. The van der Waals surface area contributed by atoms with Gasteiger partial charge in [-0.15, -0.1) is 0 Å². The summed E-state index contributed by atoms with van der Waals surface area (Å²) in [4.78, 5) is 14.3. The van der Waals surface area contributed by atoms with Crippen LogP contribution in [-0.2, 0) is 4.79 Å². The van der Waals surface area contributed by atoms with Crippen LogP contribution in [-0.4, -0.2) is 35.6 Å². The number of aromatic hydroxyl groups is 1. The van der Waals surface area contributed by atoms with Crippen molar-refractivity contribution in [3.63, 3.8) is 0 Å². The summed E-state index contributed by atoms with van der Waals surface area (Å²) in [5.74, 6) is 1.23. The molecule has 0 aliphatic carbocycles. The Balaban J connectivity index is 1.49. The number of benzene rings is 2. The van der Waals surface area contributed by atoms with Crippen molar-refractivity contribution in [3.8, 4) is 11.5 Å². The molecule has 1 aliphatic heterocycles. The summed E-state index contributed by atoms with van der Waals surface area (Å²) in [5.41, 5.74) is 4.63. The van der Waals surface area contributed by atoms with Crippen molar-refractivity contribution in [1.82, 2.24) is 4.90 Å². The minimum Gasteiger partial charge on any atom is -0.508 e. The molecule has 4 nitrogen and oxygen atoms in total. The van der Waals surface area contributed by atoms with E-state index >= 15 is 0 Å². The van der Waals surface area contributed by atoms with E-state index in [-0.39, 0.29) is 11.7 Å². The summed E-state index contributed by atoms with van der Waals surface area (Å²) in [6.45, 7) is 5.81. The first-order chi connectivity index (χ1) is 12.5. The van der Waals surface area contributed by atoms with Crippen LogP contribution in [0.3, 0.4) is 0 Å². The molecule has 26 heavy (non-hydrogen) atoms. The fourth-order valence-electron chi connectivity index (χ4n) is 3.20. The highest BCUT2D eigenvalue weighted by molar-refractivity contribution is 5.78. The lowest BCUT2D eigenvalue weighted by atomic mass is 9.99. The molecule has 1 heterocycles. The maximum atomic E-state index is 12.4. The number of phenols is 1. The molecule has 1 amide bonds. The average molecular weight is 351 g/mol. The summed E-state index contributed by atoms with van der Waals surface area (Å²) in [6.07, 6.45) is 3.31. The first-order valence-electron chi connectivity index (χ1n) is 8.99. The number of hydrogen-bond acceptors (Lipinski definition) is 3. The molecule has 0 spiro atoms. The van der Waals surface area contributed by atoms with Crippen molar-refractivity contribution in [2.24, 2.45) is 0 Å². The third kappa shape index (κ3) is 4.45. The Bertz CT molecular complexity index is 809. The second kappa shape index (κ2) is 8.09. The van der Waals surface area contributed by atoms with Crippen molar-refractivity contribution in [1.29, 1.82) is 0 Å². The second-order valence-electron chi connectivity index (χ2n) is 6.73. The van der Waals surface area contributed by atoms with E-state index in [1.54, 1.807) is 12.1 Å². The number of carbonyl (C=O) groups is 1. The number of phenolic OH excluding ortho intramolecular Hbond substituents is 1. The Morgan fingerprint density at radius 1 is 1.15 bits per heavy atom. The average Bonchev–Trinajstić information content (AvgIpc) is 2.64. The summed E-state index contributed by atoms with van der Waals surface area (Å²) in [6, 6.07) is 13.3. The predicted molar refractivity (Wildman–Crippen MR) is 103 cm³/mol. The number of rotatable bonds is 5.